The first-order valence-corrected chi connectivity index (χ1v) is 4.91. The lowest BCUT2D eigenvalue weighted by Gasteiger charge is -2.29. The molecule has 0 N–H and O–H groups in total. The molecule has 0 bridgehead atoms. The van der Waals surface area contributed by atoms with Crippen LogP contribution in [0.15, 0.2) is 12.2 Å². The molecule has 2 nitrogen and oxygen atoms in total. The van der Waals surface area contributed by atoms with Crippen LogP contribution in [0, 0.1) is 0 Å². The molecular formula is C11H26Br2N2. The summed E-state index contributed by atoms with van der Waals surface area (Å²) in [7, 11) is 13.3. The average Bonchev–Trinajstić information content (AvgIpc) is 1.82. The second-order valence-electron chi connectivity index (χ2n) is 5.76. The molecule has 0 aliphatic rings. The smallest absolute Gasteiger partial charge is 0.104 e. The Bertz CT molecular complexity index is 178. The summed E-state index contributed by atoms with van der Waals surface area (Å²) in [5, 5.41) is 0. The summed E-state index contributed by atoms with van der Waals surface area (Å²) in [6, 6.07) is 0.589. The maximum atomic E-state index is 2.31. The van der Waals surface area contributed by atoms with Crippen molar-refractivity contribution in [3.63, 3.8) is 0 Å². The zero-order valence-corrected chi connectivity index (χ0v) is 14.3. The molecule has 0 aromatic heterocycles. The largest absolute Gasteiger partial charge is 1.00 e. The van der Waals surface area contributed by atoms with Gasteiger partial charge in [0, 0.05) is 0 Å². The van der Waals surface area contributed by atoms with Crippen LogP contribution in [-0.2, 0) is 0 Å². The van der Waals surface area contributed by atoms with Crippen molar-refractivity contribution in [2.24, 2.45) is 0 Å². The molecule has 0 saturated carbocycles. The maximum Gasteiger partial charge on any atom is 0.104 e. The van der Waals surface area contributed by atoms with Crippen molar-refractivity contribution < 1.29 is 42.9 Å². The van der Waals surface area contributed by atoms with Gasteiger partial charge < -0.3 is 42.9 Å². The number of likely N-dealkylation sites (N-methyl/N-ethyl adjacent to an activating group) is 2. The minimum Gasteiger partial charge on any atom is -1.00 e. The van der Waals surface area contributed by atoms with Crippen LogP contribution in [0.3, 0.4) is 0 Å². The lowest BCUT2D eigenvalue weighted by molar-refractivity contribution is -0.887. The third kappa shape index (κ3) is 12.6. The van der Waals surface area contributed by atoms with Crippen LogP contribution < -0.4 is 34.0 Å². The fourth-order valence-corrected chi connectivity index (χ4v) is 0.832. The quantitative estimate of drug-likeness (QED) is 0.355. The van der Waals surface area contributed by atoms with Gasteiger partial charge in [0.1, 0.15) is 6.04 Å². The predicted molar refractivity (Wildman–Crippen MR) is 59.5 cm³/mol. The highest BCUT2D eigenvalue weighted by Gasteiger charge is 2.14. The molecule has 94 valence electrons. The Morgan fingerprint density at radius 1 is 0.933 bits per heavy atom. The van der Waals surface area contributed by atoms with E-state index in [0.29, 0.717) is 6.04 Å². The van der Waals surface area contributed by atoms with E-state index in [2.05, 4.69) is 61.4 Å². The number of hydrogen-bond donors (Lipinski definition) is 0. The van der Waals surface area contributed by atoms with Crippen molar-refractivity contribution in [2.75, 3.05) is 48.8 Å². The Hall–Kier alpha value is 0.620. The second kappa shape index (κ2) is 7.82. The second-order valence-corrected chi connectivity index (χ2v) is 5.76. The minimum atomic E-state index is 0. The van der Waals surface area contributed by atoms with Crippen LogP contribution in [0.5, 0.6) is 0 Å². The van der Waals surface area contributed by atoms with E-state index in [1.807, 2.05) is 0 Å². The van der Waals surface area contributed by atoms with E-state index in [1.54, 1.807) is 0 Å². The Morgan fingerprint density at radius 3 is 1.60 bits per heavy atom. The molecule has 0 radical (unpaired) electrons. The van der Waals surface area contributed by atoms with Gasteiger partial charge in [0.05, 0.1) is 48.8 Å². The van der Waals surface area contributed by atoms with Gasteiger partial charge in [-0.25, -0.2) is 0 Å². The van der Waals surface area contributed by atoms with Gasteiger partial charge in [0.25, 0.3) is 0 Å². The lowest BCUT2D eigenvalue weighted by Crippen LogP contribution is -3.00. The topological polar surface area (TPSA) is 0 Å². The van der Waals surface area contributed by atoms with Gasteiger partial charge in [0.15, 0.2) is 0 Å². The summed E-state index contributed by atoms with van der Waals surface area (Å²) in [5.74, 6) is 0. The van der Waals surface area contributed by atoms with Gasteiger partial charge in [-0.3, -0.25) is 0 Å². The number of rotatable bonds is 4. The van der Waals surface area contributed by atoms with E-state index in [1.165, 1.54) is 0 Å². The number of halogens is 2. The Balaban J connectivity index is -0.000000720. The molecular weight excluding hydrogens is 320 g/mol. The average molecular weight is 346 g/mol. The van der Waals surface area contributed by atoms with E-state index >= 15 is 0 Å². The normalized spacial score (nSPS) is 14.3. The fraction of sp³-hybridized carbons (Fsp3) is 0.818. The summed E-state index contributed by atoms with van der Waals surface area (Å²) >= 11 is 0. The maximum absolute atomic E-state index is 2.31. The number of nitrogens with zero attached hydrogens (tertiary/aromatic N) is 2. The summed E-state index contributed by atoms with van der Waals surface area (Å²) in [4.78, 5) is 0. The third-order valence-electron chi connectivity index (χ3n) is 2.29. The molecule has 15 heavy (non-hydrogen) atoms. The van der Waals surface area contributed by atoms with Crippen LogP contribution >= 0.6 is 0 Å². The molecule has 1 atom stereocenters. The standard InChI is InChI=1S/C11H26N2.2BrH/c1-11(13(5,6)7)9-8-10-12(2,3)4;;/h8-9,11H,10H2,1-7H3;2*1H/q+2;;/p-2/b9-8-;;. The number of hydrogen-bond acceptors (Lipinski definition) is 0. The highest BCUT2D eigenvalue weighted by molar-refractivity contribution is 4.87. The van der Waals surface area contributed by atoms with Crippen molar-refractivity contribution >= 4 is 0 Å². The van der Waals surface area contributed by atoms with Crippen molar-refractivity contribution in [1.29, 1.82) is 0 Å². The van der Waals surface area contributed by atoms with Crippen LogP contribution in [0.1, 0.15) is 6.92 Å². The number of quaternary nitrogens is 2. The molecule has 0 aromatic rings. The molecule has 4 heteroatoms. The highest BCUT2D eigenvalue weighted by atomic mass is 79.9. The molecule has 0 aliphatic heterocycles. The van der Waals surface area contributed by atoms with Gasteiger partial charge in [-0.15, -0.1) is 0 Å². The highest BCUT2D eigenvalue weighted by Crippen LogP contribution is 2.03. The third-order valence-corrected chi connectivity index (χ3v) is 2.29. The lowest BCUT2D eigenvalue weighted by atomic mass is 10.2. The van der Waals surface area contributed by atoms with E-state index in [4.69, 9.17) is 0 Å². The summed E-state index contributed by atoms with van der Waals surface area (Å²) in [5.41, 5.74) is 0. The van der Waals surface area contributed by atoms with Gasteiger partial charge in [-0.2, -0.15) is 0 Å². The van der Waals surface area contributed by atoms with E-state index in [9.17, 15) is 0 Å². The molecule has 1 unspecified atom stereocenters. The van der Waals surface area contributed by atoms with Gasteiger partial charge >= 0.3 is 0 Å². The Labute approximate surface area is 117 Å². The molecule has 0 aromatic carbocycles. The molecule has 0 heterocycles. The molecule has 0 saturated heterocycles. The summed E-state index contributed by atoms with van der Waals surface area (Å²) < 4.78 is 1.99. The zero-order valence-electron chi connectivity index (χ0n) is 11.1. The van der Waals surface area contributed by atoms with Crippen LogP contribution in [0.4, 0.5) is 0 Å². The van der Waals surface area contributed by atoms with Crippen molar-refractivity contribution in [3.05, 3.63) is 12.2 Å². The first kappa shape index (κ1) is 21.0. The zero-order chi connectivity index (χ0) is 10.7. The molecule has 0 fully saturated rings. The first-order valence-electron chi connectivity index (χ1n) is 4.91. The van der Waals surface area contributed by atoms with Crippen LogP contribution in [-0.4, -0.2) is 63.8 Å². The van der Waals surface area contributed by atoms with Crippen molar-refractivity contribution in [1.82, 2.24) is 0 Å². The summed E-state index contributed by atoms with van der Waals surface area (Å²) in [6.45, 7) is 3.36. The molecule has 0 aliphatic carbocycles. The molecule has 0 amide bonds. The van der Waals surface area contributed by atoms with Crippen molar-refractivity contribution in [3.8, 4) is 0 Å². The fourth-order valence-electron chi connectivity index (χ4n) is 0.832. The van der Waals surface area contributed by atoms with E-state index in [0.717, 1.165) is 15.5 Å². The van der Waals surface area contributed by atoms with Crippen LogP contribution in [0.2, 0.25) is 0 Å². The van der Waals surface area contributed by atoms with Gasteiger partial charge in [0.2, 0.25) is 0 Å². The van der Waals surface area contributed by atoms with Gasteiger partial charge in [-0.05, 0) is 19.1 Å². The molecule has 0 rings (SSSR count). The summed E-state index contributed by atoms with van der Waals surface area (Å²) in [6.07, 6.45) is 4.59. The van der Waals surface area contributed by atoms with Crippen molar-refractivity contribution in [2.45, 2.75) is 13.0 Å². The minimum absolute atomic E-state index is 0. The molecule has 0 spiro atoms. The van der Waals surface area contributed by atoms with E-state index < -0.39 is 0 Å². The van der Waals surface area contributed by atoms with Crippen LogP contribution in [0.25, 0.3) is 0 Å². The Kier molecular flexibility index (Phi) is 10.9. The first-order chi connectivity index (χ1) is 5.63. The SMILES string of the molecule is CC(/C=C\C[N+](C)(C)C)[N+](C)(C)C.[Br-].[Br-]. The monoisotopic (exact) mass is 344 g/mol. The predicted octanol–water partition coefficient (Wildman–Crippen LogP) is -4.65. The van der Waals surface area contributed by atoms with Gasteiger partial charge in [-0.1, -0.05) is 0 Å². The Morgan fingerprint density at radius 2 is 1.33 bits per heavy atom. The van der Waals surface area contributed by atoms with E-state index in [-0.39, 0.29) is 34.0 Å².